The summed E-state index contributed by atoms with van der Waals surface area (Å²) in [6, 6.07) is 25.7. The molecule has 0 unspecified atom stereocenters. The summed E-state index contributed by atoms with van der Waals surface area (Å²) in [5, 5.41) is 17.6. The first kappa shape index (κ1) is 38.4. The average Bonchev–Trinajstić information content (AvgIpc) is 3.44. The Bertz CT molecular complexity index is 2140. The molecule has 4 nitrogen and oxygen atoms in total. The van der Waals surface area contributed by atoms with Gasteiger partial charge in [0.1, 0.15) is 16.0 Å². The van der Waals surface area contributed by atoms with Crippen LogP contribution >= 0.6 is 11.3 Å². The van der Waals surface area contributed by atoms with E-state index in [0.717, 1.165) is 47.3 Å². The van der Waals surface area contributed by atoms with Crippen molar-refractivity contribution in [1.29, 1.82) is 0 Å². The van der Waals surface area contributed by atoms with Crippen molar-refractivity contribution < 1.29 is 34.6 Å². The van der Waals surface area contributed by atoms with Gasteiger partial charge in [0.2, 0.25) is 0 Å². The number of aromatic nitrogens is 2. The number of aliphatic hydroxyl groups excluding tert-OH is 1. The molecule has 0 aliphatic heterocycles. The minimum absolute atomic E-state index is 0. The van der Waals surface area contributed by atoms with Crippen LogP contribution in [0.1, 0.15) is 58.9 Å². The normalized spacial score (nSPS) is 12.2. The Morgan fingerprint density at radius 2 is 1.59 bits per heavy atom. The SMILES string of the molecule is CCC(CC)C(=O)/C=C(\O)C(CC)CC.[CH2-][n+]1c(-c2[c-]c(C)cc3c2sc2ncccc23)cc([Si](C)(C)C)c2c3ccccc3ccc21.[Ir]. The van der Waals surface area contributed by atoms with Crippen molar-refractivity contribution in [2.24, 2.45) is 11.8 Å². The first-order valence-corrected chi connectivity index (χ1v) is 21.6. The van der Waals surface area contributed by atoms with Crippen molar-refractivity contribution in [2.45, 2.75) is 79.9 Å². The number of carbonyl (C=O) groups is 1. The zero-order chi connectivity index (χ0) is 34.7. The Labute approximate surface area is 310 Å². The van der Waals surface area contributed by atoms with Crippen LogP contribution < -0.4 is 9.75 Å². The van der Waals surface area contributed by atoms with Crippen LogP contribution in [0, 0.1) is 31.9 Å². The standard InChI is InChI=1S/C29H25N2SSi.C13H24O2.Ir/c1-18-15-22-21-11-8-14-30-29(21)32-28(22)23(16-18)25-17-26(33(3,4)5)27-20-10-7-6-9-19(20)12-13-24(27)31(25)2;1-5-10(6-2)12(14)9-13(15)11(7-3)8-4;/h6-15,17H,2H2,1,3-5H3;9-11,14H,5-8H2,1-4H3;/q-1;;/b;12-9-;. The topological polar surface area (TPSA) is 54.1 Å². The molecule has 0 fully saturated rings. The van der Waals surface area contributed by atoms with Gasteiger partial charge in [-0.3, -0.25) is 4.79 Å². The number of ketones is 1. The Kier molecular flexibility index (Phi) is 12.6. The molecular weight excluding hydrogens is 817 g/mol. The van der Waals surface area contributed by atoms with Crippen molar-refractivity contribution >= 4 is 72.4 Å². The molecule has 0 atom stereocenters. The predicted molar refractivity (Wildman–Crippen MR) is 209 cm³/mol. The maximum absolute atomic E-state index is 11.7. The number of rotatable bonds is 9. The number of carbonyl (C=O) groups excluding carboxylic acids is 1. The monoisotopic (exact) mass is 866 g/mol. The molecule has 0 amide bonds. The fourth-order valence-corrected chi connectivity index (χ4v) is 9.44. The number of hydrogen-bond donors (Lipinski definition) is 1. The first-order valence-electron chi connectivity index (χ1n) is 17.3. The number of hydrogen-bond acceptors (Lipinski definition) is 4. The second-order valence-corrected chi connectivity index (χ2v) is 19.9. The van der Waals surface area contributed by atoms with E-state index in [-0.39, 0.29) is 43.5 Å². The van der Waals surface area contributed by atoms with E-state index in [1.807, 2.05) is 40.0 Å². The van der Waals surface area contributed by atoms with Crippen LogP contribution in [0.2, 0.25) is 19.6 Å². The molecule has 1 N–H and O–H groups in total. The van der Waals surface area contributed by atoms with Gasteiger partial charge in [-0.1, -0.05) is 107 Å². The summed E-state index contributed by atoms with van der Waals surface area (Å²) < 4.78 is 3.35. The fourth-order valence-electron chi connectivity index (χ4n) is 6.73. The number of allylic oxidation sites excluding steroid dienone is 2. The van der Waals surface area contributed by atoms with E-state index < -0.39 is 8.07 Å². The van der Waals surface area contributed by atoms with Gasteiger partial charge in [-0.15, -0.1) is 17.7 Å². The maximum atomic E-state index is 11.7. The van der Waals surface area contributed by atoms with Crippen molar-refractivity contribution in [3.8, 4) is 11.3 Å². The largest absolute Gasteiger partial charge is 0.512 e. The quantitative estimate of drug-likeness (QED) is 0.0393. The molecule has 3 heterocycles. The Balaban J connectivity index is 0.000000290. The zero-order valence-corrected chi connectivity index (χ0v) is 34.3. The maximum Gasteiger partial charge on any atom is 0.162 e. The summed E-state index contributed by atoms with van der Waals surface area (Å²) in [5.41, 5.74) is 4.55. The molecule has 6 aromatic rings. The van der Waals surface area contributed by atoms with E-state index >= 15 is 0 Å². The minimum Gasteiger partial charge on any atom is -0.512 e. The van der Waals surface area contributed by atoms with E-state index in [1.165, 1.54) is 48.4 Å². The van der Waals surface area contributed by atoms with Crippen molar-refractivity contribution in [2.75, 3.05) is 0 Å². The third-order valence-corrected chi connectivity index (χ3v) is 12.8. The summed E-state index contributed by atoms with van der Waals surface area (Å²) in [4.78, 5) is 17.4. The summed E-state index contributed by atoms with van der Waals surface area (Å²) in [6.07, 6.45) is 6.78. The molecule has 7 heteroatoms. The van der Waals surface area contributed by atoms with Gasteiger partial charge in [0, 0.05) is 51.3 Å². The minimum atomic E-state index is -1.68. The molecule has 0 saturated heterocycles. The molecule has 0 spiro atoms. The summed E-state index contributed by atoms with van der Waals surface area (Å²) >= 11 is 1.75. The summed E-state index contributed by atoms with van der Waals surface area (Å²) in [5.74, 6) is 0.547. The second-order valence-electron chi connectivity index (χ2n) is 13.8. The number of benzene rings is 3. The molecular formula is C42H49IrN2O2SSi-. The van der Waals surface area contributed by atoms with Gasteiger partial charge in [-0.25, -0.2) is 4.98 Å². The van der Waals surface area contributed by atoms with Gasteiger partial charge in [0.25, 0.3) is 0 Å². The van der Waals surface area contributed by atoms with Gasteiger partial charge >= 0.3 is 0 Å². The Hall–Kier alpha value is -3.35. The fraction of sp³-hybridized carbons (Fsp3) is 0.333. The van der Waals surface area contributed by atoms with Gasteiger partial charge in [-0.05, 0) is 70.1 Å². The second kappa shape index (κ2) is 16.1. The number of nitrogens with zero attached hydrogens (tertiary/aromatic N) is 2. The molecule has 3 aromatic heterocycles. The summed E-state index contributed by atoms with van der Waals surface area (Å²) in [7, 11) is 2.87. The van der Waals surface area contributed by atoms with Crippen LogP contribution in [0.4, 0.5) is 0 Å². The smallest absolute Gasteiger partial charge is 0.162 e. The Morgan fingerprint density at radius 1 is 0.939 bits per heavy atom. The number of aryl methyl sites for hydroxylation is 1. The molecule has 0 aliphatic rings. The van der Waals surface area contributed by atoms with E-state index in [0.29, 0.717) is 0 Å². The molecule has 0 saturated carbocycles. The van der Waals surface area contributed by atoms with Crippen LogP contribution in [0.3, 0.4) is 0 Å². The van der Waals surface area contributed by atoms with Crippen molar-refractivity contribution in [3.05, 3.63) is 97.4 Å². The van der Waals surface area contributed by atoms with Gasteiger partial charge in [0.05, 0.1) is 13.8 Å². The van der Waals surface area contributed by atoms with Crippen LogP contribution in [-0.4, -0.2) is 23.9 Å². The molecule has 49 heavy (non-hydrogen) atoms. The molecule has 0 aliphatic carbocycles. The van der Waals surface area contributed by atoms with E-state index in [2.05, 4.69) is 104 Å². The van der Waals surface area contributed by atoms with Crippen LogP contribution in [0.15, 0.2) is 78.7 Å². The third kappa shape index (κ3) is 7.86. The zero-order valence-electron chi connectivity index (χ0n) is 30.1. The Morgan fingerprint density at radius 3 is 2.24 bits per heavy atom. The average molecular weight is 866 g/mol. The van der Waals surface area contributed by atoms with Crippen molar-refractivity contribution in [1.82, 2.24) is 4.98 Å². The van der Waals surface area contributed by atoms with Gasteiger partial charge < -0.3 is 9.67 Å². The molecule has 3 aromatic carbocycles. The third-order valence-electron chi connectivity index (χ3n) is 9.60. The number of thiophene rings is 1. The van der Waals surface area contributed by atoms with Crippen LogP contribution in [-0.2, 0) is 24.9 Å². The van der Waals surface area contributed by atoms with Gasteiger partial charge in [0.15, 0.2) is 5.78 Å². The van der Waals surface area contributed by atoms with Crippen LogP contribution in [0.25, 0.3) is 53.2 Å². The van der Waals surface area contributed by atoms with Crippen molar-refractivity contribution in [3.63, 3.8) is 0 Å². The molecule has 6 rings (SSSR count). The van der Waals surface area contributed by atoms with Gasteiger partial charge in [-0.2, -0.15) is 11.3 Å². The van der Waals surface area contributed by atoms with E-state index in [1.54, 1.807) is 11.3 Å². The number of aliphatic hydroxyl groups is 1. The molecule has 1 radical (unpaired) electrons. The summed E-state index contributed by atoms with van der Waals surface area (Å²) in [6.45, 7) is 17.5. The van der Waals surface area contributed by atoms with E-state index in [9.17, 15) is 9.90 Å². The number of pyridine rings is 2. The molecule has 0 bridgehead atoms. The predicted octanol–water partition coefficient (Wildman–Crippen LogP) is 10.9. The van der Waals surface area contributed by atoms with E-state index in [4.69, 9.17) is 0 Å². The molecule has 259 valence electrons. The number of fused-ring (bicyclic) bond motifs is 6. The first-order chi connectivity index (χ1) is 22.9. The van der Waals surface area contributed by atoms with Crippen LogP contribution in [0.5, 0.6) is 0 Å².